The number of hydrogen-bond donors (Lipinski definition) is 2. The fourth-order valence-electron chi connectivity index (χ4n) is 2.28. The Morgan fingerprint density at radius 1 is 0.931 bits per heavy atom. The molecule has 2 amide bonds. The van der Waals surface area contributed by atoms with Gasteiger partial charge in [0.1, 0.15) is 0 Å². The number of rotatable bonds is 8. The van der Waals surface area contributed by atoms with Crippen molar-refractivity contribution in [2.24, 2.45) is 5.10 Å². The van der Waals surface area contributed by atoms with Crippen molar-refractivity contribution in [1.82, 2.24) is 10.7 Å². The van der Waals surface area contributed by atoms with Crippen LogP contribution in [0.1, 0.15) is 26.3 Å². The summed E-state index contributed by atoms with van der Waals surface area (Å²) in [5, 5.41) is 6.30. The predicted molar refractivity (Wildman–Crippen MR) is 105 cm³/mol. The number of amides is 2. The molecule has 2 aromatic rings. The maximum Gasteiger partial charge on any atom is 0.337 e. The molecule has 0 fully saturated rings. The van der Waals surface area contributed by atoms with Gasteiger partial charge in [-0.05, 0) is 35.9 Å². The second-order valence-corrected chi connectivity index (χ2v) is 5.66. The van der Waals surface area contributed by atoms with Crippen LogP contribution < -0.4 is 20.2 Å². The molecule has 0 spiro atoms. The van der Waals surface area contributed by atoms with Crippen molar-refractivity contribution in [3.63, 3.8) is 0 Å². The van der Waals surface area contributed by atoms with E-state index in [0.717, 1.165) is 0 Å². The zero-order valence-electron chi connectivity index (χ0n) is 16.2. The first-order valence-corrected chi connectivity index (χ1v) is 8.49. The Morgan fingerprint density at radius 2 is 1.59 bits per heavy atom. The molecule has 0 bridgehead atoms. The molecule has 9 nitrogen and oxygen atoms in total. The van der Waals surface area contributed by atoms with Crippen LogP contribution in [0.25, 0.3) is 0 Å². The number of hydrazone groups is 1. The first kappa shape index (κ1) is 21.4. The summed E-state index contributed by atoms with van der Waals surface area (Å²) in [7, 11) is 4.26. The highest BCUT2D eigenvalue weighted by Crippen LogP contribution is 2.27. The van der Waals surface area contributed by atoms with Crippen LogP contribution >= 0.6 is 0 Å². The highest BCUT2D eigenvalue weighted by molar-refractivity contribution is 5.97. The molecule has 152 valence electrons. The first-order valence-electron chi connectivity index (χ1n) is 8.49. The van der Waals surface area contributed by atoms with Crippen molar-refractivity contribution in [3.05, 3.63) is 59.2 Å². The Labute approximate surface area is 167 Å². The van der Waals surface area contributed by atoms with E-state index in [0.29, 0.717) is 28.2 Å². The molecule has 0 aliphatic rings. The molecule has 0 aliphatic heterocycles. The Kier molecular flexibility index (Phi) is 7.72. The van der Waals surface area contributed by atoms with Crippen LogP contribution in [0.2, 0.25) is 0 Å². The summed E-state index contributed by atoms with van der Waals surface area (Å²) < 4.78 is 14.9. The number of benzene rings is 2. The Hall–Kier alpha value is -3.88. The molecular weight excluding hydrogens is 378 g/mol. The van der Waals surface area contributed by atoms with Crippen molar-refractivity contribution in [1.29, 1.82) is 0 Å². The van der Waals surface area contributed by atoms with Crippen LogP contribution in [0.4, 0.5) is 0 Å². The van der Waals surface area contributed by atoms with E-state index in [9.17, 15) is 14.4 Å². The van der Waals surface area contributed by atoms with E-state index in [1.807, 2.05) is 0 Å². The first-order chi connectivity index (χ1) is 14.0. The number of carbonyl (C=O) groups excluding carboxylic acids is 3. The normalized spacial score (nSPS) is 10.3. The lowest BCUT2D eigenvalue weighted by molar-refractivity contribution is -0.120. The minimum Gasteiger partial charge on any atom is -0.493 e. The zero-order chi connectivity index (χ0) is 21.2. The number of esters is 1. The fourth-order valence-corrected chi connectivity index (χ4v) is 2.28. The van der Waals surface area contributed by atoms with Gasteiger partial charge in [-0.2, -0.15) is 5.10 Å². The lowest BCUT2D eigenvalue weighted by Gasteiger charge is -2.09. The monoisotopic (exact) mass is 399 g/mol. The molecule has 0 radical (unpaired) electrons. The van der Waals surface area contributed by atoms with Crippen LogP contribution in [0.15, 0.2) is 47.6 Å². The summed E-state index contributed by atoms with van der Waals surface area (Å²) in [6.07, 6.45) is 1.41. The van der Waals surface area contributed by atoms with Crippen LogP contribution in [0.5, 0.6) is 11.5 Å². The number of nitrogens with one attached hydrogen (secondary N) is 2. The van der Waals surface area contributed by atoms with Gasteiger partial charge in [-0.25, -0.2) is 10.2 Å². The van der Waals surface area contributed by atoms with Gasteiger partial charge in [0.15, 0.2) is 11.5 Å². The minimum absolute atomic E-state index is 0.258. The SMILES string of the molecule is COC(=O)c1ccc(/C=N/NC(=O)CNC(=O)c2ccc(OC)c(OC)c2)cc1. The van der Waals surface area contributed by atoms with Crippen molar-refractivity contribution in [3.8, 4) is 11.5 Å². The van der Waals surface area contributed by atoms with Crippen LogP contribution in [-0.2, 0) is 9.53 Å². The molecule has 9 heteroatoms. The fraction of sp³-hybridized carbons (Fsp3) is 0.200. The second kappa shape index (κ2) is 10.5. The van der Waals surface area contributed by atoms with Gasteiger partial charge >= 0.3 is 5.97 Å². The van der Waals surface area contributed by atoms with Gasteiger partial charge in [0.05, 0.1) is 39.7 Å². The lowest BCUT2D eigenvalue weighted by atomic mass is 10.1. The van der Waals surface area contributed by atoms with E-state index < -0.39 is 17.8 Å². The maximum absolute atomic E-state index is 12.2. The minimum atomic E-state index is -0.499. The van der Waals surface area contributed by atoms with Gasteiger partial charge in [-0.15, -0.1) is 0 Å². The number of methoxy groups -OCH3 is 3. The van der Waals surface area contributed by atoms with E-state index in [-0.39, 0.29) is 6.54 Å². The third kappa shape index (κ3) is 6.06. The average Bonchev–Trinajstić information content (AvgIpc) is 2.76. The molecule has 0 aliphatic carbocycles. The van der Waals surface area contributed by atoms with E-state index in [2.05, 4.69) is 20.6 Å². The van der Waals surface area contributed by atoms with E-state index >= 15 is 0 Å². The quantitative estimate of drug-likeness (QED) is 0.394. The number of carbonyl (C=O) groups is 3. The van der Waals surface area contributed by atoms with E-state index in [4.69, 9.17) is 9.47 Å². The number of nitrogens with zero attached hydrogens (tertiary/aromatic N) is 1. The largest absolute Gasteiger partial charge is 0.493 e. The molecule has 0 aromatic heterocycles. The van der Waals surface area contributed by atoms with Gasteiger partial charge in [0, 0.05) is 5.56 Å². The average molecular weight is 399 g/mol. The Bertz CT molecular complexity index is 909. The van der Waals surface area contributed by atoms with Crippen molar-refractivity contribution in [2.45, 2.75) is 0 Å². The summed E-state index contributed by atoms with van der Waals surface area (Å²) >= 11 is 0. The maximum atomic E-state index is 12.2. The molecular formula is C20H21N3O6. The molecule has 0 saturated carbocycles. The molecule has 0 saturated heterocycles. The van der Waals surface area contributed by atoms with Crippen LogP contribution in [-0.4, -0.2) is 51.9 Å². The van der Waals surface area contributed by atoms with Crippen LogP contribution in [0.3, 0.4) is 0 Å². The third-order valence-corrected chi connectivity index (χ3v) is 3.79. The van der Waals surface area contributed by atoms with Crippen molar-refractivity contribution in [2.75, 3.05) is 27.9 Å². The Balaban J connectivity index is 1.84. The van der Waals surface area contributed by atoms with E-state index in [1.165, 1.54) is 33.6 Å². The predicted octanol–water partition coefficient (Wildman–Crippen LogP) is 1.37. The van der Waals surface area contributed by atoms with Gasteiger partial charge in [0.25, 0.3) is 11.8 Å². The summed E-state index contributed by atoms with van der Waals surface area (Å²) in [4.78, 5) is 35.4. The molecule has 0 atom stereocenters. The zero-order valence-corrected chi connectivity index (χ0v) is 16.2. The summed E-state index contributed by atoms with van der Waals surface area (Å²) in [6, 6.07) is 11.1. The van der Waals surface area contributed by atoms with Gasteiger partial charge in [-0.1, -0.05) is 12.1 Å². The summed E-state index contributed by atoms with van der Waals surface area (Å²) in [5.74, 6) is -0.472. The number of hydrogen-bond acceptors (Lipinski definition) is 7. The topological polar surface area (TPSA) is 115 Å². The van der Waals surface area contributed by atoms with Crippen molar-refractivity contribution >= 4 is 24.0 Å². The molecule has 29 heavy (non-hydrogen) atoms. The standard InChI is InChI=1S/C20H21N3O6/c1-27-16-9-8-15(10-17(16)28-2)19(25)21-12-18(24)23-22-11-13-4-6-14(7-5-13)20(26)29-3/h4-11H,12H2,1-3H3,(H,21,25)(H,23,24)/b22-11+. The van der Waals surface area contributed by atoms with Gasteiger partial charge in [-0.3, -0.25) is 9.59 Å². The Morgan fingerprint density at radius 3 is 2.21 bits per heavy atom. The van der Waals surface area contributed by atoms with Gasteiger partial charge < -0.3 is 19.5 Å². The molecule has 2 N–H and O–H groups in total. The lowest BCUT2D eigenvalue weighted by Crippen LogP contribution is -2.34. The van der Waals surface area contributed by atoms with Gasteiger partial charge in [0.2, 0.25) is 0 Å². The van der Waals surface area contributed by atoms with E-state index in [1.54, 1.807) is 36.4 Å². The van der Waals surface area contributed by atoms with Crippen LogP contribution in [0, 0.1) is 0 Å². The molecule has 0 unspecified atom stereocenters. The highest BCUT2D eigenvalue weighted by atomic mass is 16.5. The second-order valence-electron chi connectivity index (χ2n) is 5.66. The highest BCUT2D eigenvalue weighted by Gasteiger charge is 2.11. The number of ether oxygens (including phenoxy) is 3. The summed E-state index contributed by atoms with van der Waals surface area (Å²) in [5.41, 5.74) is 3.71. The molecule has 2 rings (SSSR count). The van der Waals surface area contributed by atoms with Crippen molar-refractivity contribution < 1.29 is 28.6 Å². The third-order valence-electron chi connectivity index (χ3n) is 3.79. The summed E-state index contributed by atoms with van der Waals surface area (Å²) in [6.45, 7) is -0.258. The molecule has 0 heterocycles. The smallest absolute Gasteiger partial charge is 0.337 e. The molecule has 2 aromatic carbocycles.